The summed E-state index contributed by atoms with van der Waals surface area (Å²) in [6, 6.07) is 8.17. The molecular formula is C23H31N5O2. The van der Waals surface area contributed by atoms with E-state index < -0.39 is 6.10 Å². The molecule has 3 heterocycles. The van der Waals surface area contributed by atoms with E-state index in [0.717, 1.165) is 36.2 Å². The summed E-state index contributed by atoms with van der Waals surface area (Å²) in [4.78, 5) is 23.6. The Morgan fingerprint density at radius 1 is 1.23 bits per heavy atom. The fraction of sp³-hybridized carbons (Fsp3) is 0.522. The van der Waals surface area contributed by atoms with Gasteiger partial charge >= 0.3 is 0 Å². The molecule has 1 fully saturated rings. The molecule has 1 aliphatic heterocycles. The van der Waals surface area contributed by atoms with Gasteiger partial charge < -0.3 is 19.1 Å². The number of rotatable bonds is 6. The summed E-state index contributed by atoms with van der Waals surface area (Å²) in [5, 5.41) is 10.5. The summed E-state index contributed by atoms with van der Waals surface area (Å²) in [7, 11) is 0. The number of carbonyl (C=O) groups is 1. The Morgan fingerprint density at radius 3 is 2.80 bits per heavy atom. The summed E-state index contributed by atoms with van der Waals surface area (Å²) < 4.78 is 4.21. The van der Waals surface area contributed by atoms with Crippen LogP contribution in [0.25, 0.3) is 11.0 Å². The van der Waals surface area contributed by atoms with Gasteiger partial charge in [-0.15, -0.1) is 0 Å². The minimum absolute atomic E-state index is 0.0174. The Bertz CT molecular complexity index is 979. The van der Waals surface area contributed by atoms with Crippen LogP contribution >= 0.6 is 0 Å². The number of nitrogens with zero attached hydrogens (tertiary/aromatic N) is 5. The molecule has 2 aromatic heterocycles. The van der Waals surface area contributed by atoms with E-state index in [1.807, 2.05) is 33.9 Å². The van der Waals surface area contributed by atoms with E-state index in [0.29, 0.717) is 31.8 Å². The Labute approximate surface area is 177 Å². The average molecular weight is 410 g/mol. The van der Waals surface area contributed by atoms with Crippen molar-refractivity contribution < 1.29 is 9.90 Å². The van der Waals surface area contributed by atoms with Gasteiger partial charge in [0.1, 0.15) is 5.82 Å². The maximum Gasteiger partial charge on any atom is 0.222 e. The van der Waals surface area contributed by atoms with Gasteiger partial charge in [-0.05, 0) is 31.4 Å². The Hall–Kier alpha value is -2.67. The molecule has 0 aliphatic carbocycles. The molecule has 0 radical (unpaired) electrons. The molecule has 1 aliphatic rings. The third kappa shape index (κ3) is 4.26. The molecular weight excluding hydrogens is 378 g/mol. The van der Waals surface area contributed by atoms with Crippen molar-refractivity contribution in [3.05, 3.63) is 48.8 Å². The van der Waals surface area contributed by atoms with Crippen LogP contribution < -0.4 is 0 Å². The Balaban J connectivity index is 1.36. The first-order valence-corrected chi connectivity index (χ1v) is 10.9. The molecule has 1 saturated heterocycles. The third-order valence-electron chi connectivity index (χ3n) is 6.07. The van der Waals surface area contributed by atoms with Crippen LogP contribution in [0.1, 0.15) is 57.3 Å². The predicted octanol–water partition coefficient (Wildman–Crippen LogP) is 3.36. The van der Waals surface area contributed by atoms with E-state index in [9.17, 15) is 9.90 Å². The lowest BCUT2D eigenvalue weighted by atomic mass is 10.1. The van der Waals surface area contributed by atoms with E-state index in [-0.39, 0.29) is 11.9 Å². The molecule has 1 amide bonds. The predicted molar refractivity (Wildman–Crippen MR) is 116 cm³/mol. The molecule has 1 N–H and O–H groups in total. The van der Waals surface area contributed by atoms with Crippen molar-refractivity contribution in [3.8, 4) is 0 Å². The Morgan fingerprint density at radius 2 is 2.03 bits per heavy atom. The standard InChI is InChI=1S/C23H31N5O2/c1-17(2)23-25-18-6-3-4-7-19(18)28(23)12-5-8-22(30)26-13-9-20(21(29)10-14-26)27-15-11-24-16-27/h3-4,6-7,11,15-17,20-21,29H,5,8-10,12-14H2,1-2H3/t20-,21-/m0/s1. The van der Waals surface area contributed by atoms with Crippen LogP contribution in [0.5, 0.6) is 0 Å². The number of fused-ring (bicyclic) bond motifs is 1. The number of imidazole rings is 2. The van der Waals surface area contributed by atoms with Gasteiger partial charge in [-0.3, -0.25) is 4.79 Å². The average Bonchev–Trinajstić information content (AvgIpc) is 3.34. The smallest absolute Gasteiger partial charge is 0.222 e. The second-order valence-electron chi connectivity index (χ2n) is 8.47. The highest BCUT2D eigenvalue weighted by atomic mass is 16.3. The van der Waals surface area contributed by atoms with Crippen molar-refractivity contribution in [1.29, 1.82) is 0 Å². The molecule has 0 unspecified atom stereocenters. The fourth-order valence-corrected chi connectivity index (χ4v) is 4.45. The lowest BCUT2D eigenvalue weighted by Crippen LogP contribution is -2.32. The summed E-state index contributed by atoms with van der Waals surface area (Å²) >= 11 is 0. The maximum absolute atomic E-state index is 12.9. The van der Waals surface area contributed by atoms with Crippen LogP contribution in [0.4, 0.5) is 0 Å². The molecule has 0 saturated carbocycles. The van der Waals surface area contributed by atoms with Gasteiger partial charge in [0.2, 0.25) is 5.91 Å². The number of aromatic nitrogens is 4. The first kappa shape index (κ1) is 20.6. The van der Waals surface area contributed by atoms with Crippen molar-refractivity contribution >= 4 is 16.9 Å². The second kappa shape index (κ2) is 9.00. The third-order valence-corrected chi connectivity index (χ3v) is 6.07. The number of aliphatic hydroxyl groups excluding tert-OH is 1. The first-order chi connectivity index (χ1) is 14.5. The zero-order chi connectivity index (χ0) is 21.1. The maximum atomic E-state index is 12.9. The van der Waals surface area contributed by atoms with Gasteiger partial charge in [0.15, 0.2) is 0 Å². The number of para-hydroxylation sites is 2. The number of hydrogen-bond donors (Lipinski definition) is 1. The lowest BCUT2D eigenvalue weighted by molar-refractivity contribution is -0.131. The highest BCUT2D eigenvalue weighted by Gasteiger charge is 2.27. The Kier molecular flexibility index (Phi) is 6.18. The van der Waals surface area contributed by atoms with E-state index in [1.54, 1.807) is 12.5 Å². The van der Waals surface area contributed by atoms with E-state index in [4.69, 9.17) is 4.98 Å². The summed E-state index contributed by atoms with van der Waals surface area (Å²) in [6.45, 7) is 6.37. The van der Waals surface area contributed by atoms with Gasteiger partial charge in [0, 0.05) is 44.4 Å². The summed E-state index contributed by atoms with van der Waals surface area (Å²) in [5.41, 5.74) is 2.15. The number of hydrogen-bond acceptors (Lipinski definition) is 4. The molecule has 0 bridgehead atoms. The molecule has 7 nitrogen and oxygen atoms in total. The van der Waals surface area contributed by atoms with Crippen LogP contribution in [0.3, 0.4) is 0 Å². The molecule has 1 aromatic carbocycles. The zero-order valence-electron chi connectivity index (χ0n) is 17.8. The van der Waals surface area contributed by atoms with Gasteiger partial charge in [-0.2, -0.15) is 0 Å². The van der Waals surface area contributed by atoms with Crippen LogP contribution in [-0.2, 0) is 11.3 Å². The van der Waals surface area contributed by atoms with Crippen molar-refractivity contribution in [3.63, 3.8) is 0 Å². The highest BCUT2D eigenvalue weighted by molar-refractivity contribution is 5.77. The summed E-state index contributed by atoms with van der Waals surface area (Å²) in [6.07, 6.45) is 7.53. The van der Waals surface area contributed by atoms with Crippen LogP contribution in [0, 0.1) is 0 Å². The number of aliphatic hydroxyl groups is 1. The van der Waals surface area contributed by atoms with Crippen molar-refractivity contribution in [2.75, 3.05) is 13.1 Å². The van der Waals surface area contributed by atoms with E-state index >= 15 is 0 Å². The van der Waals surface area contributed by atoms with Crippen LogP contribution in [0.15, 0.2) is 43.0 Å². The molecule has 160 valence electrons. The lowest BCUT2D eigenvalue weighted by Gasteiger charge is -2.21. The van der Waals surface area contributed by atoms with E-state index in [1.165, 1.54) is 0 Å². The summed E-state index contributed by atoms with van der Waals surface area (Å²) in [5.74, 6) is 1.58. The number of aryl methyl sites for hydroxylation is 1. The van der Waals surface area contributed by atoms with Gasteiger partial charge in [-0.25, -0.2) is 9.97 Å². The fourth-order valence-electron chi connectivity index (χ4n) is 4.45. The molecule has 3 aromatic rings. The van der Waals surface area contributed by atoms with Crippen molar-refractivity contribution in [2.24, 2.45) is 0 Å². The zero-order valence-corrected chi connectivity index (χ0v) is 17.8. The molecule has 7 heteroatoms. The molecule has 30 heavy (non-hydrogen) atoms. The van der Waals surface area contributed by atoms with Gasteiger partial charge in [-0.1, -0.05) is 26.0 Å². The minimum Gasteiger partial charge on any atom is -0.391 e. The monoisotopic (exact) mass is 409 g/mol. The quantitative estimate of drug-likeness (QED) is 0.677. The first-order valence-electron chi connectivity index (χ1n) is 10.9. The largest absolute Gasteiger partial charge is 0.391 e. The number of likely N-dealkylation sites (tertiary alicyclic amines) is 1. The minimum atomic E-state index is -0.456. The second-order valence-corrected chi connectivity index (χ2v) is 8.47. The molecule has 4 rings (SSSR count). The van der Waals surface area contributed by atoms with Crippen LogP contribution in [0.2, 0.25) is 0 Å². The number of benzene rings is 1. The SMILES string of the molecule is CC(C)c1nc2ccccc2n1CCCC(=O)N1CC[C@H](O)[C@@H](n2ccnc2)CC1. The van der Waals surface area contributed by atoms with Crippen molar-refractivity contribution in [1.82, 2.24) is 24.0 Å². The highest BCUT2D eigenvalue weighted by Crippen LogP contribution is 2.25. The van der Waals surface area contributed by atoms with Crippen LogP contribution in [-0.4, -0.2) is 54.2 Å². The van der Waals surface area contributed by atoms with E-state index in [2.05, 4.69) is 29.5 Å². The number of amides is 1. The molecule has 2 atom stereocenters. The van der Waals surface area contributed by atoms with Crippen molar-refractivity contribution in [2.45, 2.75) is 64.1 Å². The van der Waals surface area contributed by atoms with Gasteiger partial charge in [0.25, 0.3) is 0 Å². The topological polar surface area (TPSA) is 76.2 Å². The number of carbonyl (C=O) groups excluding carboxylic acids is 1. The normalized spacial score (nSPS) is 20.1. The molecule has 0 spiro atoms. The van der Waals surface area contributed by atoms with Gasteiger partial charge in [0.05, 0.1) is 29.5 Å².